The summed E-state index contributed by atoms with van der Waals surface area (Å²) >= 11 is 0. The molecule has 5 nitrogen and oxygen atoms in total. The van der Waals surface area contributed by atoms with Crippen LogP contribution in [0.4, 0.5) is 0 Å². The van der Waals surface area contributed by atoms with E-state index in [1.165, 1.54) is 6.08 Å². The second kappa shape index (κ2) is 5.00. The molecule has 2 rings (SSSR count). The van der Waals surface area contributed by atoms with Gasteiger partial charge in [-0.3, -0.25) is 14.2 Å². The minimum absolute atomic E-state index is 0.0962. The molecule has 0 atom stereocenters. The summed E-state index contributed by atoms with van der Waals surface area (Å²) in [5.74, 6) is -0.0962. The second-order valence-corrected chi connectivity index (χ2v) is 4.09. The van der Waals surface area contributed by atoms with E-state index in [1.807, 2.05) is 27.0 Å². The highest BCUT2D eigenvalue weighted by Crippen LogP contribution is 2.06. The summed E-state index contributed by atoms with van der Waals surface area (Å²) in [6.07, 6.45) is 5.08. The van der Waals surface area contributed by atoms with Gasteiger partial charge in [-0.2, -0.15) is 10.2 Å². The maximum Gasteiger partial charge on any atom is 0.206 e. The number of rotatable bonds is 4. The highest BCUT2D eigenvalue weighted by molar-refractivity contribution is 6.05. The lowest BCUT2D eigenvalue weighted by atomic mass is 10.2. The number of aromatic nitrogens is 4. The largest absolute Gasteiger partial charge is 0.287 e. The van der Waals surface area contributed by atoms with E-state index >= 15 is 0 Å². The molecule has 94 valence electrons. The monoisotopic (exact) mass is 244 g/mol. The van der Waals surface area contributed by atoms with Crippen molar-refractivity contribution in [2.24, 2.45) is 7.05 Å². The molecule has 0 saturated heterocycles. The zero-order chi connectivity index (χ0) is 13.1. The average Bonchev–Trinajstić information content (AvgIpc) is 2.93. The Morgan fingerprint density at radius 2 is 2.22 bits per heavy atom. The van der Waals surface area contributed by atoms with Crippen LogP contribution in [0.3, 0.4) is 0 Å². The highest BCUT2D eigenvalue weighted by atomic mass is 16.1. The number of carbonyl (C=O) groups is 1. The van der Waals surface area contributed by atoms with Crippen LogP contribution in [0.2, 0.25) is 0 Å². The van der Waals surface area contributed by atoms with Gasteiger partial charge in [0.1, 0.15) is 5.69 Å². The number of carbonyl (C=O) groups excluding carboxylic acids is 1. The number of ketones is 1. The lowest BCUT2D eigenvalue weighted by molar-refractivity contribution is 0.104. The molecule has 0 aromatic carbocycles. The summed E-state index contributed by atoms with van der Waals surface area (Å²) in [6, 6.07) is 3.65. The van der Waals surface area contributed by atoms with Crippen molar-refractivity contribution in [3.05, 3.63) is 41.5 Å². The van der Waals surface area contributed by atoms with E-state index in [1.54, 1.807) is 27.7 Å². The molecule has 2 aromatic rings. The lowest BCUT2D eigenvalue weighted by Crippen LogP contribution is -2.00. The molecule has 0 aliphatic rings. The molecule has 18 heavy (non-hydrogen) atoms. The fourth-order valence-corrected chi connectivity index (χ4v) is 1.70. The molecule has 0 unspecified atom stereocenters. The van der Waals surface area contributed by atoms with E-state index < -0.39 is 0 Å². The summed E-state index contributed by atoms with van der Waals surface area (Å²) in [5.41, 5.74) is 2.29. The summed E-state index contributed by atoms with van der Waals surface area (Å²) in [6.45, 7) is 4.66. The first-order chi connectivity index (χ1) is 8.60. The van der Waals surface area contributed by atoms with Crippen molar-refractivity contribution in [1.82, 2.24) is 19.6 Å². The molecule has 0 amide bonds. The van der Waals surface area contributed by atoms with E-state index in [-0.39, 0.29) is 5.78 Å². The number of hydrogen-bond acceptors (Lipinski definition) is 3. The van der Waals surface area contributed by atoms with Crippen LogP contribution in [0.15, 0.2) is 24.4 Å². The van der Waals surface area contributed by atoms with Gasteiger partial charge >= 0.3 is 0 Å². The van der Waals surface area contributed by atoms with Crippen LogP contribution < -0.4 is 0 Å². The lowest BCUT2D eigenvalue weighted by Gasteiger charge is -1.93. The summed E-state index contributed by atoms with van der Waals surface area (Å²) < 4.78 is 3.47. The van der Waals surface area contributed by atoms with Gasteiger partial charge in [0.2, 0.25) is 5.78 Å². The summed E-state index contributed by atoms with van der Waals surface area (Å²) in [4.78, 5) is 11.9. The summed E-state index contributed by atoms with van der Waals surface area (Å²) in [5, 5.41) is 8.38. The molecular formula is C13H16N4O. The topological polar surface area (TPSA) is 52.7 Å². The third kappa shape index (κ3) is 2.56. The van der Waals surface area contributed by atoms with Crippen molar-refractivity contribution in [2.75, 3.05) is 0 Å². The first-order valence-electron chi connectivity index (χ1n) is 5.86. The minimum Gasteiger partial charge on any atom is -0.287 e. The Labute approximate surface area is 106 Å². The normalized spacial score (nSPS) is 11.3. The van der Waals surface area contributed by atoms with Gasteiger partial charge in [0.25, 0.3) is 0 Å². The number of allylic oxidation sites excluding steroid dienone is 1. The first-order valence-corrected chi connectivity index (χ1v) is 5.86. The Hall–Kier alpha value is -2.17. The maximum absolute atomic E-state index is 11.9. The van der Waals surface area contributed by atoms with Gasteiger partial charge in [-0.1, -0.05) is 0 Å². The Bertz CT molecular complexity index is 592. The minimum atomic E-state index is -0.0962. The fraction of sp³-hybridized carbons (Fsp3) is 0.308. The molecule has 2 aromatic heterocycles. The summed E-state index contributed by atoms with van der Waals surface area (Å²) in [7, 11) is 1.85. The van der Waals surface area contributed by atoms with Gasteiger partial charge < -0.3 is 0 Å². The van der Waals surface area contributed by atoms with Crippen molar-refractivity contribution >= 4 is 11.9 Å². The van der Waals surface area contributed by atoms with Gasteiger partial charge in [0.05, 0.1) is 11.4 Å². The maximum atomic E-state index is 11.9. The fourth-order valence-electron chi connectivity index (χ4n) is 1.70. The SMILES string of the molecule is CCn1ccc(C(=O)/C=C/c2cc(C)nn2C)n1. The first kappa shape index (κ1) is 12.3. The number of hydrogen-bond donors (Lipinski definition) is 0. The van der Waals surface area contributed by atoms with E-state index in [4.69, 9.17) is 0 Å². The molecule has 2 heterocycles. The molecule has 0 N–H and O–H groups in total. The molecule has 5 heteroatoms. The molecule has 0 saturated carbocycles. The van der Waals surface area contributed by atoms with Crippen LogP contribution in [0.25, 0.3) is 6.08 Å². The van der Waals surface area contributed by atoms with Gasteiger partial charge in [0.15, 0.2) is 0 Å². The van der Waals surface area contributed by atoms with E-state index in [0.29, 0.717) is 5.69 Å². The standard InChI is InChI=1S/C13H16N4O/c1-4-17-8-7-12(15-17)13(18)6-5-11-9-10(2)14-16(11)3/h5-9H,4H2,1-3H3/b6-5+. The van der Waals surface area contributed by atoms with Gasteiger partial charge in [-0.05, 0) is 38.1 Å². The van der Waals surface area contributed by atoms with Gasteiger partial charge in [-0.15, -0.1) is 0 Å². The van der Waals surface area contributed by atoms with Crippen LogP contribution in [0, 0.1) is 6.92 Å². The van der Waals surface area contributed by atoms with E-state index in [2.05, 4.69) is 10.2 Å². The third-order valence-corrected chi connectivity index (χ3v) is 2.66. The van der Waals surface area contributed by atoms with Crippen LogP contribution >= 0.6 is 0 Å². The number of nitrogens with zero attached hydrogens (tertiary/aromatic N) is 4. The Kier molecular flexibility index (Phi) is 3.41. The molecule has 0 fully saturated rings. The Morgan fingerprint density at radius 3 is 2.78 bits per heavy atom. The highest BCUT2D eigenvalue weighted by Gasteiger charge is 2.06. The Morgan fingerprint density at radius 1 is 1.44 bits per heavy atom. The predicted molar refractivity (Wildman–Crippen MR) is 69.2 cm³/mol. The van der Waals surface area contributed by atoms with Crippen LogP contribution in [0.5, 0.6) is 0 Å². The van der Waals surface area contributed by atoms with Crippen molar-refractivity contribution < 1.29 is 4.79 Å². The zero-order valence-electron chi connectivity index (χ0n) is 10.8. The van der Waals surface area contributed by atoms with Gasteiger partial charge in [0, 0.05) is 19.8 Å². The quantitative estimate of drug-likeness (QED) is 0.609. The van der Waals surface area contributed by atoms with Crippen LogP contribution in [-0.4, -0.2) is 25.3 Å². The zero-order valence-corrected chi connectivity index (χ0v) is 10.8. The van der Waals surface area contributed by atoms with E-state index in [0.717, 1.165) is 17.9 Å². The van der Waals surface area contributed by atoms with Crippen molar-refractivity contribution in [3.63, 3.8) is 0 Å². The molecule has 0 aliphatic heterocycles. The number of aryl methyl sites for hydroxylation is 3. The Balaban J connectivity index is 2.13. The van der Waals surface area contributed by atoms with Crippen molar-refractivity contribution in [3.8, 4) is 0 Å². The third-order valence-electron chi connectivity index (χ3n) is 2.66. The van der Waals surface area contributed by atoms with Crippen LogP contribution in [-0.2, 0) is 13.6 Å². The molecule has 0 spiro atoms. The second-order valence-electron chi connectivity index (χ2n) is 4.09. The van der Waals surface area contributed by atoms with Crippen molar-refractivity contribution in [2.45, 2.75) is 20.4 Å². The smallest absolute Gasteiger partial charge is 0.206 e. The van der Waals surface area contributed by atoms with Gasteiger partial charge in [-0.25, -0.2) is 0 Å². The van der Waals surface area contributed by atoms with Crippen molar-refractivity contribution in [1.29, 1.82) is 0 Å². The van der Waals surface area contributed by atoms with Crippen LogP contribution in [0.1, 0.15) is 28.8 Å². The molecule has 0 aliphatic carbocycles. The predicted octanol–water partition coefficient (Wildman–Crippen LogP) is 1.84. The van der Waals surface area contributed by atoms with E-state index in [9.17, 15) is 4.79 Å². The molecular weight excluding hydrogens is 228 g/mol. The average molecular weight is 244 g/mol. The molecule has 0 bridgehead atoms. The molecule has 0 radical (unpaired) electrons.